The normalized spacial score (nSPS) is 12.0. The standard InChI is InChI=1S/C16H26N2O3/c1-12(2)21-15-8-6-14(7-9-15)5-4-13(3)18-16(20)17-10-11-19/h6-9,12-13,19H,4-5,10-11H2,1-3H3,(H2,17,18,20). The molecule has 0 fully saturated rings. The van der Waals surface area contributed by atoms with Gasteiger partial charge < -0.3 is 20.5 Å². The first-order chi connectivity index (χ1) is 10.0. The zero-order valence-electron chi connectivity index (χ0n) is 13.1. The zero-order chi connectivity index (χ0) is 15.7. The van der Waals surface area contributed by atoms with Crippen molar-refractivity contribution in [1.82, 2.24) is 10.6 Å². The lowest BCUT2D eigenvalue weighted by atomic mass is 10.1. The molecule has 2 amide bonds. The van der Waals surface area contributed by atoms with Gasteiger partial charge in [-0.1, -0.05) is 12.1 Å². The van der Waals surface area contributed by atoms with Crippen molar-refractivity contribution in [2.45, 2.75) is 45.8 Å². The molecule has 0 aliphatic rings. The highest BCUT2D eigenvalue weighted by Gasteiger charge is 2.07. The van der Waals surface area contributed by atoms with Crippen molar-refractivity contribution in [2.24, 2.45) is 0 Å². The molecule has 1 unspecified atom stereocenters. The Morgan fingerprint density at radius 2 is 1.90 bits per heavy atom. The van der Waals surface area contributed by atoms with E-state index in [1.807, 2.05) is 32.9 Å². The van der Waals surface area contributed by atoms with E-state index in [4.69, 9.17) is 9.84 Å². The van der Waals surface area contributed by atoms with Crippen molar-refractivity contribution in [3.8, 4) is 5.75 Å². The van der Waals surface area contributed by atoms with Gasteiger partial charge in [-0.3, -0.25) is 0 Å². The monoisotopic (exact) mass is 294 g/mol. The number of urea groups is 1. The number of ether oxygens (including phenoxy) is 1. The van der Waals surface area contributed by atoms with E-state index in [2.05, 4.69) is 22.8 Å². The van der Waals surface area contributed by atoms with Crippen LogP contribution < -0.4 is 15.4 Å². The SMILES string of the molecule is CC(CCc1ccc(OC(C)C)cc1)NC(=O)NCCO. The Hall–Kier alpha value is -1.75. The second kappa shape index (κ2) is 9.23. The Morgan fingerprint density at radius 3 is 2.48 bits per heavy atom. The molecule has 5 nitrogen and oxygen atoms in total. The average molecular weight is 294 g/mol. The minimum atomic E-state index is -0.239. The number of carbonyl (C=O) groups is 1. The first-order valence-electron chi connectivity index (χ1n) is 7.42. The molecule has 0 saturated heterocycles. The molecule has 0 saturated carbocycles. The molecule has 0 aromatic heterocycles. The van der Waals surface area contributed by atoms with Gasteiger partial charge in [0.05, 0.1) is 12.7 Å². The molecule has 0 aliphatic heterocycles. The van der Waals surface area contributed by atoms with Gasteiger partial charge in [-0.15, -0.1) is 0 Å². The van der Waals surface area contributed by atoms with Gasteiger partial charge in [0.15, 0.2) is 0 Å². The summed E-state index contributed by atoms with van der Waals surface area (Å²) >= 11 is 0. The number of carbonyl (C=O) groups excluding carboxylic acids is 1. The van der Waals surface area contributed by atoms with E-state index < -0.39 is 0 Å². The maximum atomic E-state index is 11.4. The third-order valence-electron chi connectivity index (χ3n) is 2.94. The van der Waals surface area contributed by atoms with E-state index in [0.717, 1.165) is 18.6 Å². The molecular weight excluding hydrogens is 268 g/mol. The summed E-state index contributed by atoms with van der Waals surface area (Å²) in [5.74, 6) is 0.878. The summed E-state index contributed by atoms with van der Waals surface area (Å²) in [6.07, 6.45) is 1.93. The maximum Gasteiger partial charge on any atom is 0.315 e. The fraction of sp³-hybridized carbons (Fsp3) is 0.562. The van der Waals surface area contributed by atoms with Crippen molar-refractivity contribution in [1.29, 1.82) is 0 Å². The summed E-state index contributed by atoms with van der Waals surface area (Å²) in [6, 6.07) is 7.89. The summed E-state index contributed by atoms with van der Waals surface area (Å²) in [6.45, 7) is 6.20. The molecule has 1 aromatic rings. The van der Waals surface area contributed by atoms with Crippen molar-refractivity contribution in [3.63, 3.8) is 0 Å². The molecule has 1 atom stereocenters. The van der Waals surface area contributed by atoms with Crippen LogP contribution in [0.15, 0.2) is 24.3 Å². The van der Waals surface area contributed by atoms with Crippen LogP contribution in [-0.2, 0) is 6.42 Å². The first-order valence-corrected chi connectivity index (χ1v) is 7.42. The van der Waals surface area contributed by atoms with Gasteiger partial charge >= 0.3 is 6.03 Å². The molecule has 1 aromatic carbocycles. The number of benzene rings is 1. The molecule has 5 heteroatoms. The van der Waals surface area contributed by atoms with E-state index >= 15 is 0 Å². The topological polar surface area (TPSA) is 70.6 Å². The number of amides is 2. The largest absolute Gasteiger partial charge is 0.491 e. The number of rotatable bonds is 8. The predicted molar refractivity (Wildman–Crippen MR) is 83.6 cm³/mol. The Morgan fingerprint density at radius 1 is 1.24 bits per heavy atom. The number of hydrogen-bond acceptors (Lipinski definition) is 3. The third kappa shape index (κ3) is 7.56. The van der Waals surface area contributed by atoms with Crippen LogP contribution in [0.5, 0.6) is 5.75 Å². The Kier molecular flexibility index (Phi) is 7.61. The second-order valence-corrected chi connectivity index (χ2v) is 5.37. The van der Waals surface area contributed by atoms with Gasteiger partial charge in [-0.05, 0) is 51.3 Å². The Bertz CT molecular complexity index is 418. The highest BCUT2D eigenvalue weighted by molar-refractivity contribution is 5.74. The molecule has 3 N–H and O–H groups in total. The molecule has 0 aliphatic carbocycles. The van der Waals surface area contributed by atoms with Gasteiger partial charge in [0.1, 0.15) is 5.75 Å². The average Bonchev–Trinajstić information content (AvgIpc) is 2.44. The van der Waals surface area contributed by atoms with Gasteiger partial charge in [0.25, 0.3) is 0 Å². The van der Waals surface area contributed by atoms with Crippen molar-refractivity contribution in [2.75, 3.05) is 13.2 Å². The lowest BCUT2D eigenvalue weighted by Gasteiger charge is -2.14. The molecule has 0 spiro atoms. The van der Waals surface area contributed by atoms with Crippen LogP contribution in [0.1, 0.15) is 32.8 Å². The predicted octanol–water partition coefficient (Wildman–Crippen LogP) is 2.09. The van der Waals surface area contributed by atoms with E-state index in [9.17, 15) is 4.79 Å². The van der Waals surface area contributed by atoms with Gasteiger partial charge in [-0.25, -0.2) is 4.79 Å². The van der Waals surface area contributed by atoms with E-state index in [1.165, 1.54) is 5.56 Å². The van der Waals surface area contributed by atoms with Crippen LogP contribution in [0.3, 0.4) is 0 Å². The van der Waals surface area contributed by atoms with E-state index in [-0.39, 0.29) is 31.3 Å². The summed E-state index contributed by atoms with van der Waals surface area (Å²) in [4.78, 5) is 11.4. The third-order valence-corrected chi connectivity index (χ3v) is 2.94. The van der Waals surface area contributed by atoms with Gasteiger partial charge in [0, 0.05) is 12.6 Å². The van der Waals surface area contributed by atoms with Crippen molar-refractivity contribution >= 4 is 6.03 Å². The Labute approximate surface area is 126 Å². The zero-order valence-corrected chi connectivity index (χ0v) is 13.1. The molecule has 0 heterocycles. The smallest absolute Gasteiger partial charge is 0.315 e. The van der Waals surface area contributed by atoms with Crippen LogP contribution in [0.4, 0.5) is 4.79 Å². The van der Waals surface area contributed by atoms with Crippen molar-refractivity contribution < 1.29 is 14.6 Å². The van der Waals surface area contributed by atoms with Gasteiger partial charge in [-0.2, -0.15) is 0 Å². The molecule has 21 heavy (non-hydrogen) atoms. The van der Waals surface area contributed by atoms with E-state index in [0.29, 0.717) is 0 Å². The Balaban J connectivity index is 2.32. The molecule has 1 rings (SSSR count). The van der Waals surface area contributed by atoms with Gasteiger partial charge in [0.2, 0.25) is 0 Å². The van der Waals surface area contributed by atoms with E-state index in [1.54, 1.807) is 0 Å². The number of hydrogen-bond donors (Lipinski definition) is 3. The number of aliphatic hydroxyl groups is 1. The molecule has 118 valence electrons. The molecule has 0 radical (unpaired) electrons. The minimum Gasteiger partial charge on any atom is -0.491 e. The van der Waals surface area contributed by atoms with Crippen LogP contribution in [-0.4, -0.2) is 36.4 Å². The molecule has 0 bridgehead atoms. The lowest BCUT2D eigenvalue weighted by Crippen LogP contribution is -2.41. The second-order valence-electron chi connectivity index (χ2n) is 5.37. The summed E-state index contributed by atoms with van der Waals surface area (Å²) in [5.41, 5.74) is 1.22. The lowest BCUT2D eigenvalue weighted by molar-refractivity contribution is 0.231. The summed E-state index contributed by atoms with van der Waals surface area (Å²) in [5, 5.41) is 14.0. The highest BCUT2D eigenvalue weighted by atomic mass is 16.5. The number of aryl methyl sites for hydroxylation is 1. The van der Waals surface area contributed by atoms with Crippen LogP contribution in [0.25, 0.3) is 0 Å². The fourth-order valence-electron chi connectivity index (χ4n) is 1.91. The van der Waals surface area contributed by atoms with Crippen LogP contribution >= 0.6 is 0 Å². The number of aliphatic hydroxyl groups excluding tert-OH is 1. The van der Waals surface area contributed by atoms with Crippen molar-refractivity contribution in [3.05, 3.63) is 29.8 Å². The number of nitrogens with one attached hydrogen (secondary N) is 2. The summed E-state index contributed by atoms with van der Waals surface area (Å²) < 4.78 is 5.60. The quantitative estimate of drug-likeness (QED) is 0.687. The highest BCUT2D eigenvalue weighted by Crippen LogP contribution is 2.15. The maximum absolute atomic E-state index is 11.4. The first kappa shape index (κ1) is 17.3. The minimum absolute atomic E-state index is 0.0490. The summed E-state index contributed by atoms with van der Waals surface area (Å²) in [7, 11) is 0. The molecular formula is C16H26N2O3. The fourth-order valence-corrected chi connectivity index (χ4v) is 1.91. The van der Waals surface area contributed by atoms with Crippen LogP contribution in [0, 0.1) is 0 Å². The van der Waals surface area contributed by atoms with Crippen LogP contribution in [0.2, 0.25) is 0 Å².